The van der Waals surface area contributed by atoms with Crippen LogP contribution in [0.15, 0.2) is 53.4 Å². The third kappa shape index (κ3) is 5.56. The first-order valence-corrected chi connectivity index (χ1v) is 10.1. The number of hydrogen-bond donors (Lipinski definition) is 2. The largest absolute Gasteiger partial charge is 0.344 e. The molecule has 0 aromatic heterocycles. The zero-order chi connectivity index (χ0) is 18.6. The minimum Gasteiger partial charge on any atom is -0.344 e. The second-order valence-electron chi connectivity index (χ2n) is 6.17. The summed E-state index contributed by atoms with van der Waals surface area (Å²) in [4.78, 5) is 12.4. The topological polar surface area (TPSA) is 89.3 Å². The molecule has 0 spiro atoms. The number of hydrogen-bond acceptors (Lipinski definition) is 4. The summed E-state index contributed by atoms with van der Waals surface area (Å²) in [6, 6.07) is 13.4. The monoisotopic (exact) mass is 396 g/mol. The van der Waals surface area contributed by atoms with Crippen molar-refractivity contribution in [1.29, 1.82) is 0 Å². The van der Waals surface area contributed by atoms with Crippen LogP contribution in [0.4, 0.5) is 0 Å². The van der Waals surface area contributed by atoms with Crippen LogP contribution in [0.2, 0.25) is 0 Å². The van der Waals surface area contributed by atoms with Crippen LogP contribution in [-0.2, 0) is 21.1 Å². The van der Waals surface area contributed by atoms with E-state index in [4.69, 9.17) is 5.73 Å². The lowest BCUT2D eigenvalue weighted by molar-refractivity contribution is -0.122. The summed E-state index contributed by atoms with van der Waals surface area (Å²) >= 11 is 0. The number of carbonyl (C=O) groups is 1. The van der Waals surface area contributed by atoms with Gasteiger partial charge in [0, 0.05) is 6.26 Å². The van der Waals surface area contributed by atoms with Gasteiger partial charge in [-0.25, -0.2) is 8.42 Å². The molecule has 1 unspecified atom stereocenters. The summed E-state index contributed by atoms with van der Waals surface area (Å²) in [5.74, 6) is -0.297. The Kier molecular flexibility index (Phi) is 7.81. The molecule has 0 heterocycles. The number of nitrogens with one attached hydrogen (secondary N) is 1. The van der Waals surface area contributed by atoms with Crippen molar-refractivity contribution in [3.8, 4) is 0 Å². The summed E-state index contributed by atoms with van der Waals surface area (Å²) in [7, 11) is -3.33. The molecule has 0 fully saturated rings. The molecule has 3 N–H and O–H groups in total. The standard InChI is InChI=1S/C19H24N2O3S.ClH/c1-4-14-8-10-15(11-9-14)18(21-19(22)13(2)20)16-6-5-7-17(12-16)25(3,23)24;/h5-13,18H,4,20H2,1-3H3,(H,21,22);1H/t13-,18?;/m1./s1. The Balaban J connectivity index is 0.00000338. The molecular formula is C19H25ClN2O3S. The molecular weight excluding hydrogens is 372 g/mol. The van der Waals surface area contributed by atoms with E-state index in [1.807, 2.05) is 24.3 Å². The van der Waals surface area contributed by atoms with Gasteiger partial charge in [0.2, 0.25) is 5.91 Å². The molecule has 0 aliphatic carbocycles. The van der Waals surface area contributed by atoms with Crippen LogP contribution in [0.5, 0.6) is 0 Å². The zero-order valence-corrected chi connectivity index (χ0v) is 16.7. The first kappa shape index (κ1) is 22.2. The van der Waals surface area contributed by atoms with E-state index in [9.17, 15) is 13.2 Å². The van der Waals surface area contributed by atoms with Crippen molar-refractivity contribution in [2.45, 2.75) is 37.2 Å². The van der Waals surface area contributed by atoms with Crippen molar-refractivity contribution in [2.24, 2.45) is 5.73 Å². The molecule has 142 valence electrons. The Hall–Kier alpha value is -1.89. The fraction of sp³-hybridized carbons (Fsp3) is 0.316. The predicted molar refractivity (Wildman–Crippen MR) is 106 cm³/mol. The van der Waals surface area contributed by atoms with Crippen molar-refractivity contribution in [3.05, 3.63) is 65.2 Å². The van der Waals surface area contributed by atoms with E-state index in [0.717, 1.165) is 18.2 Å². The lowest BCUT2D eigenvalue weighted by Crippen LogP contribution is -2.40. The SMILES string of the molecule is CCc1ccc(C(NC(=O)[C@@H](C)N)c2cccc(S(C)(=O)=O)c2)cc1.Cl. The Bertz CT molecular complexity index is 849. The molecule has 0 saturated heterocycles. The van der Waals surface area contributed by atoms with Crippen molar-refractivity contribution in [1.82, 2.24) is 5.32 Å². The molecule has 0 aliphatic rings. The number of rotatable bonds is 6. The molecule has 1 amide bonds. The minimum absolute atomic E-state index is 0. The predicted octanol–water partition coefficient (Wildman–Crippen LogP) is 2.63. The summed E-state index contributed by atoms with van der Waals surface area (Å²) in [5.41, 5.74) is 8.43. The number of benzene rings is 2. The first-order valence-electron chi connectivity index (χ1n) is 8.17. The van der Waals surface area contributed by atoms with Crippen molar-refractivity contribution in [3.63, 3.8) is 0 Å². The van der Waals surface area contributed by atoms with Crippen LogP contribution < -0.4 is 11.1 Å². The number of amides is 1. The highest BCUT2D eigenvalue weighted by Crippen LogP contribution is 2.25. The van der Waals surface area contributed by atoms with Gasteiger partial charge < -0.3 is 11.1 Å². The average Bonchev–Trinajstić information content (AvgIpc) is 2.59. The van der Waals surface area contributed by atoms with E-state index in [2.05, 4.69) is 12.2 Å². The maximum Gasteiger partial charge on any atom is 0.237 e. The van der Waals surface area contributed by atoms with Crippen LogP contribution in [0.25, 0.3) is 0 Å². The van der Waals surface area contributed by atoms with Crippen LogP contribution in [0.3, 0.4) is 0 Å². The lowest BCUT2D eigenvalue weighted by atomic mass is 9.97. The maximum absolute atomic E-state index is 12.2. The molecule has 2 aromatic carbocycles. The van der Waals surface area contributed by atoms with Gasteiger partial charge >= 0.3 is 0 Å². The normalized spacial score (nSPS) is 13.4. The van der Waals surface area contributed by atoms with Gasteiger partial charge in [-0.2, -0.15) is 0 Å². The molecule has 26 heavy (non-hydrogen) atoms. The van der Waals surface area contributed by atoms with Crippen LogP contribution >= 0.6 is 12.4 Å². The number of carbonyl (C=O) groups excluding carboxylic acids is 1. The van der Waals surface area contributed by atoms with Gasteiger partial charge in [-0.15, -0.1) is 12.4 Å². The lowest BCUT2D eigenvalue weighted by Gasteiger charge is -2.22. The van der Waals surface area contributed by atoms with Gasteiger partial charge in [0.15, 0.2) is 9.84 Å². The van der Waals surface area contributed by atoms with Crippen LogP contribution in [0, 0.1) is 0 Å². The van der Waals surface area contributed by atoms with E-state index in [0.29, 0.717) is 5.56 Å². The van der Waals surface area contributed by atoms with Gasteiger partial charge in [0.05, 0.1) is 17.0 Å². The summed E-state index contributed by atoms with van der Waals surface area (Å²) in [6.45, 7) is 3.68. The molecule has 2 aromatic rings. The Morgan fingerprint density at radius 1 is 1.12 bits per heavy atom. The number of sulfone groups is 1. The molecule has 0 bridgehead atoms. The fourth-order valence-electron chi connectivity index (χ4n) is 2.50. The van der Waals surface area contributed by atoms with Crippen molar-refractivity contribution >= 4 is 28.2 Å². The molecule has 7 heteroatoms. The Morgan fingerprint density at radius 3 is 2.23 bits per heavy atom. The third-order valence-electron chi connectivity index (χ3n) is 4.04. The van der Waals surface area contributed by atoms with Gasteiger partial charge in [0.25, 0.3) is 0 Å². The fourth-order valence-corrected chi connectivity index (χ4v) is 3.18. The van der Waals surface area contributed by atoms with Crippen LogP contribution in [0.1, 0.15) is 36.6 Å². The summed E-state index contributed by atoms with van der Waals surface area (Å²) in [5, 5.41) is 2.91. The van der Waals surface area contributed by atoms with Gasteiger partial charge in [0.1, 0.15) is 0 Å². The molecule has 2 rings (SSSR count). The second-order valence-corrected chi connectivity index (χ2v) is 8.19. The van der Waals surface area contributed by atoms with Crippen molar-refractivity contribution in [2.75, 3.05) is 6.26 Å². The summed E-state index contributed by atoms with van der Waals surface area (Å²) < 4.78 is 23.7. The molecule has 0 saturated carbocycles. The summed E-state index contributed by atoms with van der Waals surface area (Å²) in [6.07, 6.45) is 2.08. The highest BCUT2D eigenvalue weighted by Gasteiger charge is 2.20. The Labute approximate surface area is 161 Å². The smallest absolute Gasteiger partial charge is 0.237 e. The second kappa shape index (κ2) is 9.16. The number of nitrogens with two attached hydrogens (primary N) is 1. The van der Waals surface area contributed by atoms with E-state index in [-0.39, 0.29) is 23.2 Å². The quantitative estimate of drug-likeness (QED) is 0.785. The molecule has 0 radical (unpaired) electrons. The van der Waals surface area contributed by atoms with Crippen molar-refractivity contribution < 1.29 is 13.2 Å². The van der Waals surface area contributed by atoms with E-state index in [1.165, 1.54) is 5.56 Å². The molecule has 2 atom stereocenters. The van der Waals surface area contributed by atoms with E-state index < -0.39 is 21.9 Å². The number of aryl methyl sites for hydroxylation is 1. The maximum atomic E-state index is 12.2. The van der Waals surface area contributed by atoms with Gasteiger partial charge in [-0.3, -0.25) is 4.79 Å². The third-order valence-corrected chi connectivity index (χ3v) is 5.15. The Morgan fingerprint density at radius 2 is 1.73 bits per heavy atom. The highest BCUT2D eigenvalue weighted by molar-refractivity contribution is 7.90. The number of halogens is 1. The molecule has 0 aliphatic heterocycles. The van der Waals surface area contributed by atoms with Crippen LogP contribution in [-0.4, -0.2) is 26.6 Å². The van der Waals surface area contributed by atoms with E-state index in [1.54, 1.807) is 31.2 Å². The van der Waals surface area contributed by atoms with Gasteiger partial charge in [-0.1, -0.05) is 43.3 Å². The van der Waals surface area contributed by atoms with Gasteiger partial charge in [-0.05, 0) is 42.2 Å². The highest BCUT2D eigenvalue weighted by atomic mass is 35.5. The molecule has 5 nitrogen and oxygen atoms in total. The van der Waals surface area contributed by atoms with E-state index >= 15 is 0 Å². The zero-order valence-electron chi connectivity index (χ0n) is 15.1. The first-order chi connectivity index (χ1) is 11.7. The average molecular weight is 397 g/mol. The minimum atomic E-state index is -3.33.